The molecule has 15 heavy (non-hydrogen) atoms. The van der Waals surface area contributed by atoms with Crippen LogP contribution in [0.4, 0.5) is 5.13 Å². The van der Waals surface area contributed by atoms with Crippen LogP contribution in [0.5, 0.6) is 0 Å². The fourth-order valence-corrected chi connectivity index (χ4v) is 1.84. The summed E-state index contributed by atoms with van der Waals surface area (Å²) in [6.07, 6.45) is 1.22. The van der Waals surface area contributed by atoms with Gasteiger partial charge in [0, 0.05) is 12.8 Å². The molecule has 1 heterocycles. The molecule has 8 heteroatoms. The van der Waals surface area contributed by atoms with Crippen LogP contribution in [0, 0.1) is 3.95 Å². The molecule has 0 aliphatic heterocycles. The van der Waals surface area contributed by atoms with Gasteiger partial charge in [-0.1, -0.05) is 11.3 Å². The summed E-state index contributed by atoms with van der Waals surface area (Å²) in [7, 11) is -3.09. The van der Waals surface area contributed by atoms with Crippen LogP contribution >= 0.6 is 23.6 Å². The molecule has 86 valence electrons. The Morgan fingerprint density at radius 3 is 2.60 bits per heavy atom. The van der Waals surface area contributed by atoms with Gasteiger partial charge in [-0.3, -0.25) is 5.10 Å². The van der Waals surface area contributed by atoms with E-state index in [2.05, 4.69) is 15.5 Å². The van der Waals surface area contributed by atoms with Crippen LogP contribution in [0.15, 0.2) is 0 Å². The summed E-state index contributed by atoms with van der Waals surface area (Å²) >= 11 is 6.14. The highest BCUT2D eigenvalue weighted by molar-refractivity contribution is 7.92. The Morgan fingerprint density at radius 1 is 1.60 bits per heavy atom. The predicted molar refractivity (Wildman–Crippen MR) is 64.7 cm³/mol. The number of aromatic nitrogens is 2. The second-order valence-electron chi connectivity index (χ2n) is 3.80. The van der Waals surface area contributed by atoms with Gasteiger partial charge in [0.15, 0.2) is 13.8 Å². The van der Waals surface area contributed by atoms with E-state index < -0.39 is 14.6 Å². The van der Waals surface area contributed by atoms with Crippen LogP contribution in [0.3, 0.4) is 0 Å². The van der Waals surface area contributed by atoms with Gasteiger partial charge >= 0.3 is 0 Å². The van der Waals surface area contributed by atoms with Gasteiger partial charge in [0.25, 0.3) is 0 Å². The van der Waals surface area contributed by atoms with Gasteiger partial charge < -0.3 is 5.32 Å². The lowest BCUT2D eigenvalue weighted by Gasteiger charge is -2.22. The Bertz CT molecular complexity index is 486. The molecule has 0 atom stereocenters. The van der Waals surface area contributed by atoms with E-state index in [4.69, 9.17) is 12.2 Å². The van der Waals surface area contributed by atoms with Crippen molar-refractivity contribution in [3.63, 3.8) is 0 Å². The lowest BCUT2D eigenvalue weighted by molar-refractivity contribution is 0.560. The predicted octanol–water partition coefficient (Wildman–Crippen LogP) is 1.44. The Morgan fingerprint density at radius 2 is 2.20 bits per heavy atom. The lowest BCUT2D eigenvalue weighted by atomic mass is 10.2. The Kier molecular flexibility index (Phi) is 3.51. The highest BCUT2D eigenvalue weighted by atomic mass is 32.2. The largest absolute Gasteiger partial charge is 0.359 e. The molecule has 0 saturated carbocycles. The quantitative estimate of drug-likeness (QED) is 0.807. The van der Waals surface area contributed by atoms with Crippen LogP contribution in [-0.4, -0.2) is 36.2 Å². The summed E-state index contributed by atoms with van der Waals surface area (Å²) in [6.45, 7) is 3.64. The Balaban J connectivity index is 2.69. The fourth-order valence-electron chi connectivity index (χ4n) is 0.725. The van der Waals surface area contributed by atoms with Gasteiger partial charge in [0.05, 0.1) is 4.75 Å². The molecule has 1 aromatic rings. The molecule has 0 unspecified atom stereocenters. The van der Waals surface area contributed by atoms with E-state index in [9.17, 15) is 8.42 Å². The highest BCUT2D eigenvalue weighted by Gasteiger charge is 2.30. The van der Waals surface area contributed by atoms with Crippen molar-refractivity contribution in [2.24, 2.45) is 0 Å². The van der Waals surface area contributed by atoms with Crippen molar-refractivity contribution in [2.45, 2.75) is 18.6 Å². The molecule has 0 aromatic carbocycles. The first-order chi connectivity index (χ1) is 6.72. The normalized spacial score (nSPS) is 12.7. The van der Waals surface area contributed by atoms with Crippen LogP contribution < -0.4 is 5.32 Å². The molecule has 2 N–H and O–H groups in total. The van der Waals surface area contributed by atoms with E-state index in [-0.39, 0.29) is 0 Å². The molecule has 0 saturated heterocycles. The van der Waals surface area contributed by atoms with E-state index in [0.29, 0.717) is 15.6 Å². The first kappa shape index (κ1) is 12.6. The molecule has 0 amide bonds. The number of nitrogens with zero attached hydrogens (tertiary/aromatic N) is 1. The van der Waals surface area contributed by atoms with Gasteiger partial charge in [-0.05, 0) is 26.1 Å². The standard InChI is InChI=1S/C7H13N3O2S3/c1-7(2,15(3,11)12)4-8-5-9-10-6(13)14-5/h4H2,1-3H3,(H,8,9)(H,10,13). The molecule has 1 aromatic heterocycles. The second kappa shape index (κ2) is 4.18. The molecular formula is C7H13N3O2S3. The van der Waals surface area contributed by atoms with Crippen molar-refractivity contribution >= 4 is 38.5 Å². The third kappa shape index (κ3) is 3.25. The van der Waals surface area contributed by atoms with E-state index in [1.165, 1.54) is 17.6 Å². The van der Waals surface area contributed by atoms with E-state index in [1.54, 1.807) is 13.8 Å². The molecule has 1 rings (SSSR count). The third-order valence-corrected chi connectivity index (χ3v) is 5.31. The van der Waals surface area contributed by atoms with Crippen molar-refractivity contribution in [1.82, 2.24) is 10.2 Å². The first-order valence-electron chi connectivity index (χ1n) is 4.21. The summed E-state index contributed by atoms with van der Waals surface area (Å²) in [5.41, 5.74) is 0. The topological polar surface area (TPSA) is 74.8 Å². The van der Waals surface area contributed by atoms with Crippen molar-refractivity contribution in [3.05, 3.63) is 3.95 Å². The van der Waals surface area contributed by atoms with E-state index in [0.717, 1.165) is 0 Å². The lowest BCUT2D eigenvalue weighted by Crippen LogP contribution is -2.38. The van der Waals surface area contributed by atoms with Gasteiger partial charge in [-0.15, -0.1) is 5.10 Å². The number of anilines is 1. The molecule has 0 aliphatic rings. The number of aromatic amines is 1. The summed E-state index contributed by atoms with van der Waals surface area (Å²) in [5, 5.41) is 10.1. The molecule has 0 aliphatic carbocycles. The summed E-state index contributed by atoms with van der Waals surface area (Å²) in [4.78, 5) is 0. The fraction of sp³-hybridized carbons (Fsp3) is 0.714. The molecule has 0 spiro atoms. The number of rotatable bonds is 4. The summed E-state index contributed by atoms with van der Waals surface area (Å²) < 4.78 is 22.5. The van der Waals surface area contributed by atoms with Crippen molar-refractivity contribution in [3.8, 4) is 0 Å². The van der Waals surface area contributed by atoms with Crippen LogP contribution in [-0.2, 0) is 9.84 Å². The van der Waals surface area contributed by atoms with Gasteiger partial charge in [0.1, 0.15) is 0 Å². The SMILES string of the molecule is CC(C)(CNc1n[nH]c(=S)s1)S(C)(=O)=O. The molecule has 0 bridgehead atoms. The first-order valence-corrected chi connectivity index (χ1v) is 7.33. The number of H-pyrrole nitrogens is 1. The minimum Gasteiger partial charge on any atom is -0.359 e. The minimum absolute atomic E-state index is 0.307. The van der Waals surface area contributed by atoms with Gasteiger partial charge in [-0.2, -0.15) is 0 Å². The Labute approximate surface area is 97.8 Å². The second-order valence-corrected chi connectivity index (χ2v) is 8.12. The van der Waals surface area contributed by atoms with E-state index >= 15 is 0 Å². The average molecular weight is 267 g/mol. The summed E-state index contributed by atoms with van der Waals surface area (Å²) in [6, 6.07) is 0. The zero-order chi connectivity index (χ0) is 11.7. The number of hydrogen-bond donors (Lipinski definition) is 2. The maximum absolute atomic E-state index is 11.4. The highest BCUT2D eigenvalue weighted by Crippen LogP contribution is 2.17. The van der Waals surface area contributed by atoms with Crippen LogP contribution in [0.2, 0.25) is 0 Å². The molecule has 5 nitrogen and oxygen atoms in total. The van der Waals surface area contributed by atoms with Crippen molar-refractivity contribution in [1.29, 1.82) is 0 Å². The summed E-state index contributed by atoms with van der Waals surface area (Å²) in [5.74, 6) is 0. The zero-order valence-electron chi connectivity index (χ0n) is 8.70. The van der Waals surface area contributed by atoms with Crippen LogP contribution in [0.1, 0.15) is 13.8 Å². The number of sulfone groups is 1. The Hall–Kier alpha value is -0.470. The monoisotopic (exact) mass is 267 g/mol. The maximum Gasteiger partial charge on any atom is 0.204 e. The van der Waals surface area contributed by atoms with Crippen LogP contribution in [0.25, 0.3) is 0 Å². The third-order valence-electron chi connectivity index (χ3n) is 2.11. The number of hydrogen-bond acceptors (Lipinski definition) is 6. The molecular weight excluding hydrogens is 254 g/mol. The van der Waals surface area contributed by atoms with Crippen molar-refractivity contribution in [2.75, 3.05) is 18.1 Å². The van der Waals surface area contributed by atoms with Gasteiger partial charge in [0.2, 0.25) is 5.13 Å². The average Bonchev–Trinajstić information content (AvgIpc) is 2.46. The molecule has 0 fully saturated rings. The minimum atomic E-state index is -3.09. The molecule has 0 radical (unpaired) electrons. The van der Waals surface area contributed by atoms with Gasteiger partial charge in [-0.25, -0.2) is 8.42 Å². The maximum atomic E-state index is 11.4. The van der Waals surface area contributed by atoms with E-state index in [1.807, 2.05) is 0 Å². The van der Waals surface area contributed by atoms with Crippen molar-refractivity contribution < 1.29 is 8.42 Å². The number of nitrogens with one attached hydrogen (secondary N) is 2. The smallest absolute Gasteiger partial charge is 0.204 e. The zero-order valence-corrected chi connectivity index (χ0v) is 11.1.